The van der Waals surface area contributed by atoms with Crippen LogP contribution in [0.4, 0.5) is 5.95 Å². The highest BCUT2D eigenvalue weighted by atomic mass is 79.9. The number of anilines is 1. The summed E-state index contributed by atoms with van der Waals surface area (Å²) in [4.78, 5) is 8.54. The number of para-hydroxylation sites is 1. The standard InChI is InChI=1S/C11H13BrN4/c1-6(14-2)9-7-4-3-5-8(12)10(7)16-11(13)15-9/h3-6,14H,1-2H3,(H2,13,15,16). The van der Waals surface area contributed by atoms with E-state index in [0.29, 0.717) is 5.95 Å². The third kappa shape index (κ3) is 1.88. The molecule has 0 fully saturated rings. The molecule has 5 heteroatoms. The maximum Gasteiger partial charge on any atom is 0.220 e. The number of rotatable bonds is 2. The molecule has 0 aliphatic rings. The lowest BCUT2D eigenvalue weighted by molar-refractivity contribution is 0.638. The first kappa shape index (κ1) is 11.3. The van der Waals surface area contributed by atoms with Gasteiger partial charge in [-0.15, -0.1) is 0 Å². The summed E-state index contributed by atoms with van der Waals surface area (Å²) >= 11 is 3.47. The zero-order valence-corrected chi connectivity index (χ0v) is 10.7. The zero-order valence-electron chi connectivity index (χ0n) is 9.16. The highest BCUT2D eigenvalue weighted by Crippen LogP contribution is 2.27. The van der Waals surface area contributed by atoms with E-state index in [1.807, 2.05) is 32.2 Å². The fraction of sp³-hybridized carbons (Fsp3) is 0.273. The van der Waals surface area contributed by atoms with Crippen LogP contribution in [0.15, 0.2) is 22.7 Å². The summed E-state index contributed by atoms with van der Waals surface area (Å²) in [5.74, 6) is 0.302. The summed E-state index contributed by atoms with van der Waals surface area (Å²) in [5.41, 5.74) is 7.49. The Morgan fingerprint density at radius 2 is 2.12 bits per heavy atom. The van der Waals surface area contributed by atoms with Crippen molar-refractivity contribution in [3.63, 3.8) is 0 Å². The molecule has 0 aliphatic heterocycles. The van der Waals surface area contributed by atoms with Gasteiger partial charge in [-0.25, -0.2) is 9.97 Å². The van der Waals surface area contributed by atoms with Gasteiger partial charge < -0.3 is 11.1 Å². The van der Waals surface area contributed by atoms with Crippen LogP contribution in [-0.2, 0) is 0 Å². The first-order chi connectivity index (χ1) is 7.63. The molecule has 0 bridgehead atoms. The van der Waals surface area contributed by atoms with Crippen LogP contribution in [-0.4, -0.2) is 17.0 Å². The molecule has 0 radical (unpaired) electrons. The van der Waals surface area contributed by atoms with Gasteiger partial charge in [0.25, 0.3) is 0 Å². The fourth-order valence-electron chi connectivity index (χ4n) is 1.63. The minimum atomic E-state index is 0.141. The predicted octanol–water partition coefficient (Wildman–Crippen LogP) is 2.25. The average Bonchev–Trinajstić information content (AvgIpc) is 2.28. The summed E-state index contributed by atoms with van der Waals surface area (Å²) in [5, 5.41) is 4.18. The lowest BCUT2D eigenvalue weighted by Gasteiger charge is -2.13. The molecular weight excluding hydrogens is 268 g/mol. The molecule has 4 nitrogen and oxygen atoms in total. The number of nitrogen functional groups attached to an aromatic ring is 1. The van der Waals surface area contributed by atoms with Crippen molar-refractivity contribution in [2.45, 2.75) is 13.0 Å². The summed E-state index contributed by atoms with van der Waals surface area (Å²) in [7, 11) is 1.90. The van der Waals surface area contributed by atoms with Crippen molar-refractivity contribution >= 4 is 32.8 Å². The molecule has 0 spiro atoms. The Morgan fingerprint density at radius 3 is 2.81 bits per heavy atom. The molecule has 2 rings (SSSR count). The molecular formula is C11H13BrN4. The second-order valence-electron chi connectivity index (χ2n) is 3.61. The molecule has 0 aliphatic carbocycles. The molecule has 1 atom stereocenters. The van der Waals surface area contributed by atoms with Crippen LogP contribution in [0.25, 0.3) is 10.9 Å². The second-order valence-corrected chi connectivity index (χ2v) is 4.47. The van der Waals surface area contributed by atoms with Gasteiger partial charge in [0.15, 0.2) is 0 Å². The van der Waals surface area contributed by atoms with Crippen molar-refractivity contribution < 1.29 is 0 Å². The molecule has 0 saturated heterocycles. The first-order valence-corrected chi connectivity index (χ1v) is 5.81. The van der Waals surface area contributed by atoms with Gasteiger partial charge in [0, 0.05) is 15.9 Å². The number of nitrogens with zero attached hydrogens (tertiary/aromatic N) is 2. The highest BCUT2D eigenvalue weighted by molar-refractivity contribution is 9.10. The SMILES string of the molecule is CNC(C)c1nc(N)nc2c(Br)cccc12. The summed E-state index contributed by atoms with van der Waals surface area (Å²) in [6.07, 6.45) is 0. The topological polar surface area (TPSA) is 63.8 Å². The van der Waals surface area contributed by atoms with Crippen LogP contribution < -0.4 is 11.1 Å². The van der Waals surface area contributed by atoms with E-state index in [4.69, 9.17) is 5.73 Å². The van der Waals surface area contributed by atoms with Gasteiger partial charge in [-0.2, -0.15) is 0 Å². The number of halogens is 1. The minimum absolute atomic E-state index is 0.141. The van der Waals surface area contributed by atoms with E-state index in [2.05, 4.69) is 31.2 Å². The van der Waals surface area contributed by atoms with E-state index in [-0.39, 0.29) is 6.04 Å². The van der Waals surface area contributed by atoms with Crippen molar-refractivity contribution in [2.75, 3.05) is 12.8 Å². The quantitative estimate of drug-likeness (QED) is 0.886. The van der Waals surface area contributed by atoms with Crippen LogP contribution in [0, 0.1) is 0 Å². The third-order valence-electron chi connectivity index (χ3n) is 2.57. The Balaban J connectivity index is 2.78. The summed E-state index contributed by atoms with van der Waals surface area (Å²) < 4.78 is 0.934. The van der Waals surface area contributed by atoms with Crippen molar-refractivity contribution in [1.82, 2.24) is 15.3 Å². The maximum atomic E-state index is 5.72. The van der Waals surface area contributed by atoms with Gasteiger partial charge in [0.2, 0.25) is 5.95 Å². The van der Waals surface area contributed by atoms with E-state index in [0.717, 1.165) is 21.1 Å². The lowest BCUT2D eigenvalue weighted by Crippen LogP contribution is -2.15. The molecule has 0 saturated carbocycles. The first-order valence-electron chi connectivity index (χ1n) is 5.02. The van der Waals surface area contributed by atoms with Crippen LogP contribution in [0.5, 0.6) is 0 Å². The number of benzene rings is 1. The monoisotopic (exact) mass is 280 g/mol. The van der Waals surface area contributed by atoms with Gasteiger partial charge in [-0.05, 0) is 36.0 Å². The Labute approximate surface area is 102 Å². The molecule has 1 aromatic heterocycles. The molecule has 2 aromatic rings. The van der Waals surface area contributed by atoms with E-state index in [1.54, 1.807) is 0 Å². The number of fused-ring (bicyclic) bond motifs is 1. The fourth-order valence-corrected chi connectivity index (χ4v) is 2.08. The summed E-state index contributed by atoms with van der Waals surface area (Å²) in [6.45, 7) is 2.04. The van der Waals surface area contributed by atoms with Crippen molar-refractivity contribution in [3.8, 4) is 0 Å². The van der Waals surface area contributed by atoms with Gasteiger partial charge in [-0.1, -0.05) is 12.1 Å². The smallest absolute Gasteiger partial charge is 0.220 e. The number of hydrogen-bond donors (Lipinski definition) is 2. The Bertz CT molecular complexity index is 527. The van der Waals surface area contributed by atoms with Gasteiger partial charge >= 0.3 is 0 Å². The van der Waals surface area contributed by atoms with Crippen molar-refractivity contribution in [1.29, 1.82) is 0 Å². The van der Waals surface area contributed by atoms with E-state index in [1.165, 1.54) is 0 Å². The molecule has 0 amide bonds. The molecule has 3 N–H and O–H groups in total. The average molecular weight is 281 g/mol. The van der Waals surface area contributed by atoms with Crippen LogP contribution in [0.2, 0.25) is 0 Å². The number of nitrogens with two attached hydrogens (primary N) is 1. The molecule has 1 heterocycles. The van der Waals surface area contributed by atoms with E-state index < -0.39 is 0 Å². The van der Waals surface area contributed by atoms with E-state index >= 15 is 0 Å². The highest BCUT2D eigenvalue weighted by Gasteiger charge is 2.12. The Kier molecular flexibility index (Phi) is 3.07. The van der Waals surface area contributed by atoms with Crippen molar-refractivity contribution in [3.05, 3.63) is 28.4 Å². The Hall–Kier alpha value is -1.20. The predicted molar refractivity (Wildman–Crippen MR) is 69.1 cm³/mol. The third-order valence-corrected chi connectivity index (χ3v) is 3.21. The lowest BCUT2D eigenvalue weighted by atomic mass is 10.1. The zero-order chi connectivity index (χ0) is 11.7. The van der Waals surface area contributed by atoms with E-state index in [9.17, 15) is 0 Å². The largest absolute Gasteiger partial charge is 0.368 e. The number of nitrogens with one attached hydrogen (secondary N) is 1. The number of aromatic nitrogens is 2. The maximum absolute atomic E-state index is 5.72. The van der Waals surface area contributed by atoms with Crippen LogP contribution in [0.1, 0.15) is 18.7 Å². The minimum Gasteiger partial charge on any atom is -0.368 e. The van der Waals surface area contributed by atoms with Gasteiger partial charge in [0.05, 0.1) is 11.2 Å². The van der Waals surface area contributed by atoms with Crippen LogP contribution >= 0.6 is 15.9 Å². The summed E-state index contributed by atoms with van der Waals surface area (Å²) in [6, 6.07) is 6.06. The normalized spacial score (nSPS) is 12.9. The molecule has 1 unspecified atom stereocenters. The van der Waals surface area contributed by atoms with Crippen molar-refractivity contribution in [2.24, 2.45) is 0 Å². The second kappa shape index (κ2) is 4.35. The van der Waals surface area contributed by atoms with Crippen LogP contribution in [0.3, 0.4) is 0 Å². The Morgan fingerprint density at radius 1 is 1.38 bits per heavy atom. The number of hydrogen-bond acceptors (Lipinski definition) is 4. The van der Waals surface area contributed by atoms with Gasteiger partial charge in [0.1, 0.15) is 0 Å². The van der Waals surface area contributed by atoms with Gasteiger partial charge in [-0.3, -0.25) is 0 Å². The molecule has 1 aromatic carbocycles. The molecule has 84 valence electrons. The molecule has 16 heavy (non-hydrogen) atoms.